The second kappa shape index (κ2) is 6.06. The van der Waals surface area contributed by atoms with E-state index in [1.807, 2.05) is 0 Å². The molecule has 2 atom stereocenters. The molecule has 0 aliphatic carbocycles. The molecule has 1 aromatic carbocycles. The molecule has 1 saturated heterocycles. The van der Waals surface area contributed by atoms with Crippen LogP contribution in [0.5, 0.6) is 0 Å². The van der Waals surface area contributed by atoms with Crippen molar-refractivity contribution in [2.45, 2.75) is 58.1 Å². The average Bonchev–Trinajstić information content (AvgIpc) is 2.47. The number of hydrogen-bond donors (Lipinski definition) is 1. The maximum Gasteiger partial charge on any atom is 0.0970 e. The van der Waals surface area contributed by atoms with Crippen LogP contribution in [0.1, 0.15) is 56.8 Å². The molecule has 1 heterocycles. The summed E-state index contributed by atoms with van der Waals surface area (Å²) in [4.78, 5) is 2.49. The van der Waals surface area contributed by atoms with Gasteiger partial charge in [0.05, 0.1) is 6.10 Å². The van der Waals surface area contributed by atoms with Gasteiger partial charge in [-0.05, 0) is 51.8 Å². The van der Waals surface area contributed by atoms with E-state index in [1.165, 1.54) is 24.8 Å². The van der Waals surface area contributed by atoms with Gasteiger partial charge in [-0.3, -0.25) is 4.90 Å². The highest BCUT2D eigenvalue weighted by Gasteiger charge is 2.38. The van der Waals surface area contributed by atoms with E-state index in [9.17, 15) is 5.11 Å². The lowest BCUT2D eigenvalue weighted by Gasteiger charge is -2.46. The predicted molar refractivity (Wildman–Crippen MR) is 80.3 cm³/mol. The standard InChI is InChI=1S/C17H27NO/c1-4-17(3,18-12-6-5-7-13-18)16(19)15-10-8-14(2)9-11-15/h8-11,16,19H,4-7,12-13H2,1-3H3. The highest BCUT2D eigenvalue weighted by molar-refractivity contribution is 5.25. The van der Waals surface area contributed by atoms with Crippen LogP contribution in [-0.2, 0) is 0 Å². The Kier molecular flexibility index (Phi) is 4.64. The van der Waals surface area contributed by atoms with Gasteiger partial charge in [-0.15, -0.1) is 0 Å². The monoisotopic (exact) mass is 261 g/mol. The fraction of sp³-hybridized carbons (Fsp3) is 0.647. The molecule has 19 heavy (non-hydrogen) atoms. The summed E-state index contributed by atoms with van der Waals surface area (Å²) in [5.41, 5.74) is 2.14. The SMILES string of the molecule is CCC(C)(C(O)c1ccc(C)cc1)N1CCCCC1. The Balaban J connectivity index is 2.21. The normalized spacial score (nSPS) is 21.9. The van der Waals surface area contributed by atoms with E-state index < -0.39 is 6.10 Å². The summed E-state index contributed by atoms with van der Waals surface area (Å²) in [5, 5.41) is 10.8. The van der Waals surface area contributed by atoms with Gasteiger partial charge in [0.1, 0.15) is 0 Å². The van der Waals surface area contributed by atoms with Gasteiger partial charge in [-0.2, -0.15) is 0 Å². The lowest BCUT2D eigenvalue weighted by atomic mass is 9.83. The molecule has 1 aromatic rings. The Hall–Kier alpha value is -0.860. The number of piperidine rings is 1. The predicted octanol–water partition coefficient (Wildman–Crippen LogP) is 3.68. The molecular formula is C17H27NO. The van der Waals surface area contributed by atoms with Gasteiger partial charge in [-0.25, -0.2) is 0 Å². The molecule has 1 fully saturated rings. The molecule has 0 bridgehead atoms. The van der Waals surface area contributed by atoms with Crippen LogP contribution in [0.4, 0.5) is 0 Å². The van der Waals surface area contributed by atoms with E-state index in [4.69, 9.17) is 0 Å². The number of hydrogen-bond acceptors (Lipinski definition) is 2. The Morgan fingerprint density at radius 2 is 1.74 bits per heavy atom. The van der Waals surface area contributed by atoms with Crippen molar-refractivity contribution in [1.82, 2.24) is 4.90 Å². The number of aryl methyl sites for hydroxylation is 1. The van der Waals surface area contributed by atoms with Crippen LogP contribution in [0.3, 0.4) is 0 Å². The molecule has 2 nitrogen and oxygen atoms in total. The van der Waals surface area contributed by atoms with Crippen LogP contribution < -0.4 is 0 Å². The fourth-order valence-electron chi connectivity index (χ4n) is 3.10. The summed E-state index contributed by atoms with van der Waals surface area (Å²) in [6.07, 6.45) is 4.42. The minimum atomic E-state index is -0.406. The molecule has 0 amide bonds. The summed E-state index contributed by atoms with van der Waals surface area (Å²) < 4.78 is 0. The molecule has 0 aromatic heterocycles. The highest BCUT2D eigenvalue weighted by atomic mass is 16.3. The third kappa shape index (κ3) is 3.01. The number of benzene rings is 1. The molecule has 1 aliphatic rings. The lowest BCUT2D eigenvalue weighted by molar-refractivity contribution is -0.0352. The topological polar surface area (TPSA) is 23.5 Å². The van der Waals surface area contributed by atoms with Crippen LogP contribution in [-0.4, -0.2) is 28.6 Å². The largest absolute Gasteiger partial charge is 0.386 e. The van der Waals surface area contributed by atoms with Gasteiger partial charge < -0.3 is 5.11 Å². The number of aliphatic hydroxyl groups is 1. The summed E-state index contributed by atoms with van der Waals surface area (Å²) in [6.45, 7) is 8.72. The molecule has 1 aliphatic heterocycles. The second-order valence-corrected chi connectivity index (χ2v) is 6.07. The second-order valence-electron chi connectivity index (χ2n) is 6.07. The minimum absolute atomic E-state index is 0.143. The fourth-order valence-corrected chi connectivity index (χ4v) is 3.10. The van der Waals surface area contributed by atoms with Gasteiger partial charge in [0.25, 0.3) is 0 Å². The zero-order chi connectivity index (χ0) is 13.9. The number of rotatable bonds is 4. The van der Waals surface area contributed by atoms with Gasteiger partial charge in [0, 0.05) is 5.54 Å². The third-order valence-corrected chi connectivity index (χ3v) is 4.78. The minimum Gasteiger partial charge on any atom is -0.386 e. The van der Waals surface area contributed by atoms with Crippen molar-refractivity contribution in [3.63, 3.8) is 0 Å². The van der Waals surface area contributed by atoms with E-state index in [1.54, 1.807) is 0 Å². The Labute approximate surface area is 117 Å². The molecular weight excluding hydrogens is 234 g/mol. The number of nitrogens with zero attached hydrogens (tertiary/aromatic N) is 1. The van der Waals surface area contributed by atoms with E-state index in [0.717, 1.165) is 25.1 Å². The molecule has 106 valence electrons. The summed E-state index contributed by atoms with van der Waals surface area (Å²) in [5.74, 6) is 0. The van der Waals surface area contributed by atoms with Crippen molar-refractivity contribution >= 4 is 0 Å². The average molecular weight is 261 g/mol. The van der Waals surface area contributed by atoms with Crippen molar-refractivity contribution in [3.05, 3.63) is 35.4 Å². The van der Waals surface area contributed by atoms with Gasteiger partial charge in [-0.1, -0.05) is 43.2 Å². The van der Waals surface area contributed by atoms with Crippen LogP contribution in [0, 0.1) is 6.92 Å². The third-order valence-electron chi connectivity index (χ3n) is 4.78. The van der Waals surface area contributed by atoms with E-state index in [2.05, 4.69) is 49.9 Å². The molecule has 2 unspecified atom stereocenters. The van der Waals surface area contributed by atoms with Gasteiger partial charge in [0.15, 0.2) is 0 Å². The Morgan fingerprint density at radius 3 is 2.26 bits per heavy atom. The first kappa shape index (κ1) is 14.5. The first-order valence-electron chi connectivity index (χ1n) is 7.57. The maximum atomic E-state index is 10.8. The van der Waals surface area contributed by atoms with Crippen LogP contribution in [0.2, 0.25) is 0 Å². The summed E-state index contributed by atoms with van der Waals surface area (Å²) in [6, 6.07) is 8.31. The Morgan fingerprint density at radius 1 is 1.16 bits per heavy atom. The molecule has 2 heteroatoms. The summed E-state index contributed by atoms with van der Waals surface area (Å²) in [7, 11) is 0. The molecule has 0 spiro atoms. The van der Waals surface area contributed by atoms with Crippen molar-refractivity contribution in [2.75, 3.05) is 13.1 Å². The van der Waals surface area contributed by atoms with Crippen molar-refractivity contribution < 1.29 is 5.11 Å². The van der Waals surface area contributed by atoms with Gasteiger partial charge in [0.2, 0.25) is 0 Å². The quantitative estimate of drug-likeness (QED) is 0.893. The van der Waals surface area contributed by atoms with E-state index in [-0.39, 0.29) is 5.54 Å². The molecule has 0 saturated carbocycles. The zero-order valence-electron chi connectivity index (χ0n) is 12.5. The van der Waals surface area contributed by atoms with Crippen LogP contribution >= 0.6 is 0 Å². The number of likely N-dealkylation sites (tertiary alicyclic amines) is 1. The maximum absolute atomic E-state index is 10.8. The van der Waals surface area contributed by atoms with Crippen LogP contribution in [0.15, 0.2) is 24.3 Å². The highest BCUT2D eigenvalue weighted by Crippen LogP contribution is 2.35. The first-order chi connectivity index (χ1) is 9.08. The van der Waals surface area contributed by atoms with Gasteiger partial charge >= 0.3 is 0 Å². The lowest BCUT2D eigenvalue weighted by Crippen LogP contribution is -2.52. The van der Waals surface area contributed by atoms with Crippen LogP contribution in [0.25, 0.3) is 0 Å². The van der Waals surface area contributed by atoms with Crippen molar-refractivity contribution in [3.8, 4) is 0 Å². The van der Waals surface area contributed by atoms with E-state index in [0.29, 0.717) is 0 Å². The van der Waals surface area contributed by atoms with E-state index >= 15 is 0 Å². The molecule has 1 N–H and O–H groups in total. The Bertz CT molecular complexity index is 394. The smallest absolute Gasteiger partial charge is 0.0970 e. The summed E-state index contributed by atoms with van der Waals surface area (Å²) >= 11 is 0. The zero-order valence-corrected chi connectivity index (χ0v) is 12.5. The van der Waals surface area contributed by atoms with Crippen molar-refractivity contribution in [2.24, 2.45) is 0 Å². The first-order valence-corrected chi connectivity index (χ1v) is 7.57. The van der Waals surface area contributed by atoms with Crippen molar-refractivity contribution in [1.29, 1.82) is 0 Å². The molecule has 0 radical (unpaired) electrons. The number of aliphatic hydroxyl groups excluding tert-OH is 1. The molecule has 2 rings (SSSR count).